The normalized spacial score (nSPS) is 11.6. The zero-order valence-corrected chi connectivity index (χ0v) is 15.2. The molecule has 0 spiro atoms. The average molecular weight is 311 g/mol. The largest absolute Gasteiger partial charge is 0.496 e. The summed E-state index contributed by atoms with van der Waals surface area (Å²) in [7, 11) is 10.7. The minimum Gasteiger partial charge on any atom is -0.496 e. The van der Waals surface area contributed by atoms with Crippen LogP contribution >= 0.6 is 0 Å². The highest BCUT2D eigenvalue weighted by Gasteiger charge is 2.14. The van der Waals surface area contributed by atoms with Crippen molar-refractivity contribution in [2.75, 3.05) is 61.5 Å². The van der Waals surface area contributed by atoms with Crippen LogP contribution in [0.2, 0.25) is 0 Å². The number of benzene rings is 1. The predicted molar refractivity (Wildman–Crippen MR) is 92.0 cm³/mol. The van der Waals surface area contributed by atoms with Crippen LogP contribution in [0.5, 0.6) is 5.75 Å². The number of ether oxygens (including phenoxy) is 1. The summed E-state index contributed by atoms with van der Waals surface area (Å²) in [6.45, 7) is 6.04. The molecule has 0 amide bonds. The van der Waals surface area contributed by atoms with Crippen molar-refractivity contribution >= 4 is 0 Å². The Labute approximate surface area is 136 Å². The summed E-state index contributed by atoms with van der Waals surface area (Å²) in [5.41, 5.74) is 1.33. The lowest BCUT2D eigenvalue weighted by molar-refractivity contribution is -0.925. The molecule has 0 heterocycles. The number of nitrogens with one attached hydrogen (secondary N) is 3. The number of quaternary nitrogens is 3. The Morgan fingerprint density at radius 3 is 1.86 bits per heavy atom. The molecule has 1 rings (SSSR count). The number of hydrogen-bond acceptors (Lipinski definition) is 1. The summed E-state index contributed by atoms with van der Waals surface area (Å²) in [6.07, 6.45) is 2.56. The molecule has 4 heteroatoms. The maximum absolute atomic E-state index is 5.51. The van der Waals surface area contributed by atoms with Crippen molar-refractivity contribution < 1.29 is 19.4 Å². The van der Waals surface area contributed by atoms with Crippen LogP contribution in [-0.4, -0.2) is 61.5 Å². The van der Waals surface area contributed by atoms with Gasteiger partial charge in [0.05, 0.1) is 61.5 Å². The molecule has 22 heavy (non-hydrogen) atoms. The lowest BCUT2D eigenvalue weighted by Crippen LogP contribution is -3.13. The first-order valence-electron chi connectivity index (χ1n) is 8.56. The highest BCUT2D eigenvalue weighted by molar-refractivity contribution is 5.32. The molecule has 1 aromatic carbocycles. The van der Waals surface area contributed by atoms with Gasteiger partial charge in [0, 0.05) is 18.4 Å². The van der Waals surface area contributed by atoms with E-state index in [1.807, 2.05) is 6.07 Å². The van der Waals surface area contributed by atoms with Crippen LogP contribution in [0.15, 0.2) is 24.3 Å². The number of hydrogen-bond donors (Lipinski definition) is 3. The van der Waals surface area contributed by atoms with Gasteiger partial charge in [-0.05, 0) is 12.1 Å². The average Bonchev–Trinajstić information content (AvgIpc) is 2.46. The zero-order valence-electron chi connectivity index (χ0n) is 15.2. The van der Waals surface area contributed by atoms with E-state index in [-0.39, 0.29) is 0 Å². The second-order valence-electron chi connectivity index (χ2n) is 6.86. The molecule has 1 aromatic rings. The highest BCUT2D eigenvalue weighted by atomic mass is 16.5. The topological polar surface area (TPSA) is 22.6 Å². The van der Waals surface area contributed by atoms with Gasteiger partial charge in [-0.3, -0.25) is 0 Å². The molecule has 0 saturated heterocycles. The van der Waals surface area contributed by atoms with E-state index < -0.39 is 0 Å². The van der Waals surface area contributed by atoms with Crippen molar-refractivity contribution in [3.05, 3.63) is 29.8 Å². The van der Waals surface area contributed by atoms with Crippen LogP contribution in [0.25, 0.3) is 0 Å². The maximum atomic E-state index is 5.51. The molecule has 0 atom stereocenters. The molecule has 3 N–H and O–H groups in total. The van der Waals surface area contributed by atoms with Crippen LogP contribution in [0.4, 0.5) is 0 Å². The summed E-state index contributed by atoms with van der Waals surface area (Å²) in [6, 6.07) is 8.43. The minimum absolute atomic E-state index is 1.02. The third-order valence-corrected chi connectivity index (χ3v) is 4.05. The second-order valence-corrected chi connectivity index (χ2v) is 6.86. The highest BCUT2D eigenvalue weighted by Crippen LogP contribution is 2.15. The summed E-state index contributed by atoms with van der Waals surface area (Å²) in [5.74, 6) is 1.02. The minimum atomic E-state index is 1.02. The van der Waals surface area contributed by atoms with Crippen LogP contribution in [0, 0.1) is 0 Å². The smallest absolute Gasteiger partial charge is 0.127 e. The Bertz CT molecular complexity index is 393. The van der Waals surface area contributed by atoms with Crippen LogP contribution in [-0.2, 0) is 6.54 Å². The van der Waals surface area contributed by atoms with Gasteiger partial charge in [-0.2, -0.15) is 0 Å². The van der Waals surface area contributed by atoms with Crippen molar-refractivity contribution in [3.8, 4) is 5.75 Å². The zero-order chi connectivity index (χ0) is 16.4. The predicted octanol–water partition coefficient (Wildman–Crippen LogP) is -1.85. The molecule has 126 valence electrons. The lowest BCUT2D eigenvalue weighted by Gasteiger charge is -2.21. The number of para-hydroxylation sites is 1. The molecule has 0 unspecified atom stereocenters. The van der Waals surface area contributed by atoms with Crippen molar-refractivity contribution in [1.82, 2.24) is 0 Å². The summed E-state index contributed by atoms with van der Waals surface area (Å²) >= 11 is 0. The van der Waals surface area contributed by atoms with E-state index in [0.29, 0.717) is 0 Å². The van der Waals surface area contributed by atoms with E-state index in [2.05, 4.69) is 46.4 Å². The van der Waals surface area contributed by atoms with Gasteiger partial charge in [0.1, 0.15) is 12.3 Å². The van der Waals surface area contributed by atoms with E-state index in [1.54, 1.807) is 12.0 Å². The quantitative estimate of drug-likeness (QED) is 0.439. The fraction of sp³-hybridized carbons (Fsp3) is 0.667. The Morgan fingerprint density at radius 2 is 1.36 bits per heavy atom. The van der Waals surface area contributed by atoms with E-state index in [9.17, 15) is 0 Å². The first kappa shape index (κ1) is 18.9. The van der Waals surface area contributed by atoms with E-state index >= 15 is 0 Å². The Morgan fingerprint density at radius 1 is 0.818 bits per heavy atom. The second kappa shape index (κ2) is 10.6. The first-order valence-corrected chi connectivity index (χ1v) is 8.56. The van der Waals surface area contributed by atoms with E-state index in [4.69, 9.17) is 4.74 Å². The molecule has 4 nitrogen and oxygen atoms in total. The van der Waals surface area contributed by atoms with Gasteiger partial charge < -0.3 is 19.4 Å². The van der Waals surface area contributed by atoms with Crippen LogP contribution < -0.4 is 19.4 Å². The van der Waals surface area contributed by atoms with E-state index in [0.717, 1.165) is 12.3 Å². The Balaban J connectivity index is 2.58. The first-order chi connectivity index (χ1) is 10.5. The van der Waals surface area contributed by atoms with Gasteiger partial charge >= 0.3 is 0 Å². The van der Waals surface area contributed by atoms with Gasteiger partial charge in [-0.15, -0.1) is 0 Å². The number of rotatable bonds is 11. The van der Waals surface area contributed by atoms with E-state index in [1.165, 1.54) is 54.4 Å². The molecule has 0 radical (unpaired) electrons. The fourth-order valence-corrected chi connectivity index (χ4v) is 2.80. The third-order valence-electron chi connectivity index (χ3n) is 4.05. The fourth-order valence-electron chi connectivity index (χ4n) is 2.80. The Kier molecular flexibility index (Phi) is 9.13. The van der Waals surface area contributed by atoms with Crippen molar-refractivity contribution in [3.63, 3.8) is 0 Å². The summed E-state index contributed by atoms with van der Waals surface area (Å²) < 4.78 is 5.51. The molecule has 0 aliphatic heterocycles. The van der Waals surface area contributed by atoms with Gasteiger partial charge in [0.15, 0.2) is 0 Å². The van der Waals surface area contributed by atoms with Gasteiger partial charge in [0.25, 0.3) is 0 Å². The standard InChI is InChI=1S/C18H33N3O/c1-19(2)12-8-14-21(15-9-13-20(3)4)16-17-10-6-7-11-18(17)22-5/h6-7,10-11H,8-9,12-16H2,1-5H3/p+3. The lowest BCUT2D eigenvalue weighted by atomic mass is 10.1. The van der Waals surface area contributed by atoms with Crippen molar-refractivity contribution in [1.29, 1.82) is 0 Å². The monoisotopic (exact) mass is 310 g/mol. The molecular formula is C18H36N3O+3. The summed E-state index contributed by atoms with van der Waals surface area (Å²) in [5, 5.41) is 0. The van der Waals surface area contributed by atoms with Crippen LogP contribution in [0.1, 0.15) is 18.4 Å². The van der Waals surface area contributed by atoms with Gasteiger partial charge in [-0.1, -0.05) is 12.1 Å². The molecule has 0 aliphatic rings. The Hall–Kier alpha value is -1.10. The van der Waals surface area contributed by atoms with Crippen LogP contribution in [0.3, 0.4) is 0 Å². The van der Waals surface area contributed by atoms with Crippen molar-refractivity contribution in [2.45, 2.75) is 19.4 Å². The molecule has 0 aliphatic carbocycles. The maximum Gasteiger partial charge on any atom is 0.127 e. The molecule has 0 aromatic heterocycles. The molecular weight excluding hydrogens is 274 g/mol. The SMILES string of the molecule is COc1ccccc1C[NH+](CCC[NH+](C)C)CCC[NH+](C)C. The van der Waals surface area contributed by atoms with Gasteiger partial charge in [-0.25, -0.2) is 0 Å². The molecule has 0 bridgehead atoms. The molecule has 0 saturated carbocycles. The molecule has 0 fully saturated rings. The number of methoxy groups -OCH3 is 1. The third kappa shape index (κ3) is 7.78. The van der Waals surface area contributed by atoms with Crippen molar-refractivity contribution in [2.24, 2.45) is 0 Å². The van der Waals surface area contributed by atoms with Gasteiger partial charge in [0.2, 0.25) is 0 Å². The summed E-state index contributed by atoms with van der Waals surface area (Å²) in [4.78, 5) is 4.75.